The van der Waals surface area contributed by atoms with Crippen LogP contribution in [-0.4, -0.2) is 31.3 Å². The number of ether oxygens (including phenoxy) is 1. The summed E-state index contributed by atoms with van der Waals surface area (Å²) < 4.78 is 32.8. The van der Waals surface area contributed by atoms with Gasteiger partial charge in [-0.2, -0.15) is 5.10 Å². The summed E-state index contributed by atoms with van der Waals surface area (Å²) >= 11 is 0. The van der Waals surface area contributed by atoms with E-state index in [-0.39, 0.29) is 11.0 Å². The van der Waals surface area contributed by atoms with Crippen LogP contribution in [0.2, 0.25) is 0 Å². The molecule has 126 valence electrons. The van der Waals surface area contributed by atoms with E-state index >= 15 is 0 Å². The first-order valence-corrected chi connectivity index (χ1v) is 9.04. The molecule has 0 aliphatic rings. The van der Waals surface area contributed by atoms with Crippen molar-refractivity contribution in [1.29, 1.82) is 0 Å². The Morgan fingerprint density at radius 2 is 1.87 bits per heavy atom. The van der Waals surface area contributed by atoms with Gasteiger partial charge in [-0.1, -0.05) is 12.1 Å². The second-order valence-corrected chi connectivity index (χ2v) is 7.43. The summed E-state index contributed by atoms with van der Waals surface area (Å²) in [6.45, 7) is 7.65. The minimum Gasteiger partial charge on any atom is -0.491 e. The third-order valence-corrected chi connectivity index (χ3v) is 5.05. The van der Waals surface area contributed by atoms with Crippen molar-refractivity contribution >= 4 is 10.0 Å². The lowest BCUT2D eigenvalue weighted by Gasteiger charge is -2.10. The SMILES string of the molecule is Cc1n[nH]c(C)c1S(=O)(=O)NCCc1ccc(OC(C)C)cc1. The van der Waals surface area contributed by atoms with Crippen molar-refractivity contribution in [3.8, 4) is 5.75 Å². The Balaban J connectivity index is 1.94. The second-order valence-electron chi connectivity index (χ2n) is 5.72. The third kappa shape index (κ3) is 4.56. The van der Waals surface area contributed by atoms with E-state index in [1.54, 1.807) is 13.8 Å². The van der Waals surface area contributed by atoms with Crippen molar-refractivity contribution in [3.63, 3.8) is 0 Å². The smallest absolute Gasteiger partial charge is 0.244 e. The molecule has 1 aromatic heterocycles. The third-order valence-electron chi connectivity index (χ3n) is 3.33. The molecule has 2 N–H and O–H groups in total. The fourth-order valence-corrected chi connectivity index (χ4v) is 3.74. The number of H-pyrrole nitrogens is 1. The van der Waals surface area contributed by atoms with Gasteiger partial charge in [0, 0.05) is 6.54 Å². The highest BCUT2D eigenvalue weighted by atomic mass is 32.2. The maximum atomic E-state index is 12.3. The van der Waals surface area contributed by atoms with Gasteiger partial charge < -0.3 is 4.74 Å². The predicted molar refractivity (Wildman–Crippen MR) is 89.2 cm³/mol. The van der Waals surface area contributed by atoms with Crippen molar-refractivity contribution in [1.82, 2.24) is 14.9 Å². The van der Waals surface area contributed by atoms with Gasteiger partial charge in [-0.15, -0.1) is 0 Å². The lowest BCUT2D eigenvalue weighted by molar-refractivity contribution is 0.242. The zero-order valence-corrected chi connectivity index (χ0v) is 14.7. The summed E-state index contributed by atoms with van der Waals surface area (Å²) in [7, 11) is -3.54. The molecule has 0 atom stereocenters. The Morgan fingerprint density at radius 1 is 1.22 bits per heavy atom. The van der Waals surface area contributed by atoms with Crippen LogP contribution in [0.15, 0.2) is 29.2 Å². The maximum absolute atomic E-state index is 12.3. The molecule has 0 unspecified atom stereocenters. The molecule has 6 nitrogen and oxygen atoms in total. The van der Waals surface area contributed by atoms with Crippen LogP contribution in [0, 0.1) is 13.8 Å². The molecule has 0 amide bonds. The number of aryl methyl sites for hydroxylation is 2. The van der Waals surface area contributed by atoms with Crippen molar-refractivity contribution in [2.24, 2.45) is 0 Å². The molecule has 0 bridgehead atoms. The molecule has 7 heteroatoms. The van der Waals surface area contributed by atoms with Crippen LogP contribution in [0.3, 0.4) is 0 Å². The van der Waals surface area contributed by atoms with Gasteiger partial charge in [-0.25, -0.2) is 13.1 Å². The minimum atomic E-state index is -3.54. The highest BCUT2D eigenvalue weighted by Gasteiger charge is 2.21. The van der Waals surface area contributed by atoms with Crippen molar-refractivity contribution in [2.75, 3.05) is 6.54 Å². The Morgan fingerprint density at radius 3 is 2.39 bits per heavy atom. The monoisotopic (exact) mass is 337 g/mol. The topological polar surface area (TPSA) is 84.1 Å². The van der Waals surface area contributed by atoms with Crippen molar-refractivity contribution in [2.45, 2.75) is 45.1 Å². The van der Waals surface area contributed by atoms with Gasteiger partial charge >= 0.3 is 0 Å². The van der Waals surface area contributed by atoms with Crippen LogP contribution in [0.5, 0.6) is 5.75 Å². The number of nitrogens with zero attached hydrogens (tertiary/aromatic N) is 1. The van der Waals surface area contributed by atoms with Gasteiger partial charge in [0.25, 0.3) is 0 Å². The summed E-state index contributed by atoms with van der Waals surface area (Å²) in [4.78, 5) is 0.234. The molecule has 0 aliphatic carbocycles. The number of hydrogen-bond acceptors (Lipinski definition) is 4. The Hall–Kier alpha value is -1.86. The molecule has 0 radical (unpaired) electrons. The van der Waals surface area contributed by atoms with Crippen LogP contribution in [0.4, 0.5) is 0 Å². The molecule has 0 spiro atoms. The van der Waals surface area contributed by atoms with E-state index in [9.17, 15) is 8.42 Å². The van der Waals surface area contributed by atoms with Gasteiger partial charge in [-0.05, 0) is 51.8 Å². The van der Waals surface area contributed by atoms with E-state index in [4.69, 9.17) is 4.74 Å². The van der Waals surface area contributed by atoms with Gasteiger partial charge in [0.2, 0.25) is 10.0 Å². The predicted octanol–water partition coefficient (Wildman–Crippen LogP) is 2.33. The number of rotatable bonds is 7. The maximum Gasteiger partial charge on any atom is 0.244 e. The number of benzene rings is 1. The summed E-state index contributed by atoms with van der Waals surface area (Å²) in [5.41, 5.74) is 2.07. The van der Waals surface area contributed by atoms with Gasteiger partial charge in [-0.3, -0.25) is 5.10 Å². The average molecular weight is 337 g/mol. The zero-order valence-electron chi connectivity index (χ0n) is 13.9. The Kier molecular flexibility index (Phi) is 5.43. The molecular formula is C16H23N3O3S. The normalized spacial score (nSPS) is 11.9. The lowest BCUT2D eigenvalue weighted by atomic mass is 10.1. The summed E-state index contributed by atoms with van der Waals surface area (Å²) in [5, 5.41) is 6.61. The molecule has 0 aliphatic heterocycles. The van der Waals surface area contributed by atoms with Gasteiger partial charge in [0.05, 0.1) is 17.5 Å². The quantitative estimate of drug-likeness (QED) is 0.812. The van der Waals surface area contributed by atoms with Gasteiger partial charge in [0.15, 0.2) is 0 Å². The number of sulfonamides is 1. The first kappa shape index (κ1) is 17.5. The minimum absolute atomic E-state index is 0.133. The number of hydrogen-bond donors (Lipinski definition) is 2. The average Bonchev–Trinajstić information content (AvgIpc) is 2.80. The van der Waals surface area contributed by atoms with E-state index in [0.29, 0.717) is 24.4 Å². The fourth-order valence-electron chi connectivity index (χ4n) is 2.35. The van der Waals surface area contributed by atoms with Gasteiger partial charge in [0.1, 0.15) is 10.6 Å². The molecule has 0 saturated heterocycles. The highest BCUT2D eigenvalue weighted by Crippen LogP contribution is 2.17. The lowest BCUT2D eigenvalue weighted by Crippen LogP contribution is -2.26. The summed E-state index contributed by atoms with van der Waals surface area (Å²) in [6, 6.07) is 7.68. The number of aromatic nitrogens is 2. The van der Waals surface area contributed by atoms with Crippen LogP contribution in [0.25, 0.3) is 0 Å². The first-order chi connectivity index (χ1) is 10.8. The first-order valence-electron chi connectivity index (χ1n) is 7.56. The molecule has 2 rings (SSSR count). The van der Waals surface area contributed by atoms with Crippen LogP contribution < -0.4 is 9.46 Å². The molecule has 2 aromatic rings. The molecule has 0 fully saturated rings. The molecule has 1 aromatic carbocycles. The molecule has 0 saturated carbocycles. The van der Waals surface area contributed by atoms with E-state index in [1.165, 1.54) is 0 Å². The van der Waals surface area contributed by atoms with E-state index < -0.39 is 10.0 Å². The molecule has 1 heterocycles. The standard InChI is InChI=1S/C16H23N3O3S/c1-11(2)22-15-7-5-14(6-8-15)9-10-17-23(20,21)16-12(3)18-19-13(16)4/h5-8,11,17H,9-10H2,1-4H3,(H,18,19). The zero-order chi connectivity index (χ0) is 17.0. The number of aromatic amines is 1. The highest BCUT2D eigenvalue weighted by molar-refractivity contribution is 7.89. The van der Waals surface area contributed by atoms with Crippen molar-refractivity contribution in [3.05, 3.63) is 41.2 Å². The van der Waals surface area contributed by atoms with Crippen LogP contribution >= 0.6 is 0 Å². The number of nitrogens with one attached hydrogen (secondary N) is 2. The van der Waals surface area contributed by atoms with Crippen LogP contribution in [0.1, 0.15) is 30.8 Å². The fraction of sp³-hybridized carbons (Fsp3) is 0.438. The van der Waals surface area contributed by atoms with E-state index in [0.717, 1.165) is 11.3 Å². The summed E-state index contributed by atoms with van der Waals surface area (Å²) in [6.07, 6.45) is 0.742. The van der Waals surface area contributed by atoms with E-state index in [1.807, 2.05) is 38.1 Å². The Labute approximate surface area is 137 Å². The summed E-state index contributed by atoms with van der Waals surface area (Å²) in [5.74, 6) is 0.814. The Bertz CT molecular complexity index is 730. The molecule has 23 heavy (non-hydrogen) atoms. The van der Waals surface area contributed by atoms with Crippen molar-refractivity contribution < 1.29 is 13.2 Å². The largest absolute Gasteiger partial charge is 0.491 e. The second kappa shape index (κ2) is 7.14. The molecular weight excluding hydrogens is 314 g/mol. The van der Waals surface area contributed by atoms with Crippen LogP contribution in [-0.2, 0) is 16.4 Å². The van der Waals surface area contributed by atoms with E-state index in [2.05, 4.69) is 14.9 Å².